The molecule has 0 amide bonds. The van der Waals surface area contributed by atoms with Crippen molar-refractivity contribution in [3.63, 3.8) is 0 Å². The van der Waals surface area contributed by atoms with Gasteiger partial charge in [0, 0.05) is 30.5 Å². The summed E-state index contributed by atoms with van der Waals surface area (Å²) in [6.07, 6.45) is 8.49. The largest absolute Gasteiger partial charge is 0.476 e. The standard InChI is InChI=1S/C23H25B2N3O2/c1-14-9-17(13-27-12-14)15-3-4-16-11-21(7-5-18(29-2)6-8-21)22(19(16)10-15)23(24,25)30-20(26)28-22/h3-4,9-10,12-13,18H,5-8,11H2,1-2H3,(H2,26,28). The van der Waals surface area contributed by atoms with Gasteiger partial charge in [0.25, 0.3) is 6.02 Å². The molecular formula is C23H25B2N3O2. The number of amidine groups is 1. The fourth-order valence-corrected chi connectivity index (χ4v) is 5.98. The molecule has 2 aliphatic carbocycles. The van der Waals surface area contributed by atoms with Crippen molar-refractivity contribution in [3.05, 3.63) is 53.3 Å². The summed E-state index contributed by atoms with van der Waals surface area (Å²) in [6.45, 7) is 2.04. The number of aromatic nitrogens is 1. The molecule has 7 heteroatoms. The zero-order valence-corrected chi connectivity index (χ0v) is 17.5. The summed E-state index contributed by atoms with van der Waals surface area (Å²) in [5.74, 6) is 0. The van der Waals surface area contributed by atoms with Crippen LogP contribution in [0.25, 0.3) is 11.1 Å². The smallest absolute Gasteiger partial charge is 0.281 e. The summed E-state index contributed by atoms with van der Waals surface area (Å²) in [5.41, 5.74) is 10.3. The van der Waals surface area contributed by atoms with Crippen LogP contribution in [0.2, 0.25) is 0 Å². The van der Waals surface area contributed by atoms with Crippen LogP contribution in [0.5, 0.6) is 0 Å². The quantitative estimate of drug-likeness (QED) is 0.792. The lowest BCUT2D eigenvalue weighted by Gasteiger charge is -2.52. The van der Waals surface area contributed by atoms with Gasteiger partial charge < -0.3 is 15.2 Å². The molecule has 2 N–H and O–H groups in total. The maximum Gasteiger partial charge on any atom is 0.281 e. The van der Waals surface area contributed by atoms with Gasteiger partial charge >= 0.3 is 0 Å². The van der Waals surface area contributed by atoms with Crippen molar-refractivity contribution in [2.45, 2.75) is 56.1 Å². The van der Waals surface area contributed by atoms with Gasteiger partial charge in [0.15, 0.2) is 0 Å². The number of pyridine rings is 1. The Hall–Kier alpha value is -2.27. The highest BCUT2D eigenvalue weighted by molar-refractivity contribution is 6.41. The van der Waals surface area contributed by atoms with Gasteiger partial charge in [0.2, 0.25) is 0 Å². The van der Waals surface area contributed by atoms with Gasteiger partial charge in [-0.2, -0.15) is 0 Å². The Morgan fingerprint density at radius 1 is 1.13 bits per heavy atom. The fraction of sp³-hybridized carbons (Fsp3) is 0.478. The molecule has 5 nitrogen and oxygen atoms in total. The first-order chi connectivity index (χ1) is 14.3. The molecule has 2 aromatic rings. The molecule has 3 aliphatic rings. The first kappa shape index (κ1) is 19.7. The SMILES string of the molecule is [B]C1([B])OC(N)=NC12c1cc(-c3cncc(C)c3)ccc1CC21CCC(OC)CC1. The number of aliphatic imine (C=N–C) groups is 1. The normalized spacial score (nSPS) is 31.5. The highest BCUT2D eigenvalue weighted by Crippen LogP contribution is 2.65. The van der Waals surface area contributed by atoms with Gasteiger partial charge in [0.05, 0.1) is 11.5 Å². The number of methoxy groups -OCH3 is 1. The minimum Gasteiger partial charge on any atom is -0.476 e. The van der Waals surface area contributed by atoms with Crippen LogP contribution in [0.3, 0.4) is 0 Å². The summed E-state index contributed by atoms with van der Waals surface area (Å²) < 4.78 is 11.4. The van der Waals surface area contributed by atoms with E-state index < -0.39 is 10.9 Å². The molecule has 5 rings (SSSR count). The van der Waals surface area contributed by atoms with Crippen LogP contribution < -0.4 is 5.73 Å². The van der Waals surface area contributed by atoms with Gasteiger partial charge in [0.1, 0.15) is 21.2 Å². The zero-order chi connectivity index (χ0) is 21.1. The monoisotopic (exact) mass is 397 g/mol. The summed E-state index contributed by atoms with van der Waals surface area (Å²) in [6, 6.07) is 8.65. The first-order valence-corrected chi connectivity index (χ1v) is 10.5. The van der Waals surface area contributed by atoms with E-state index in [1.807, 2.05) is 19.3 Å². The van der Waals surface area contributed by atoms with E-state index in [1.54, 1.807) is 7.11 Å². The van der Waals surface area contributed by atoms with E-state index in [4.69, 9.17) is 35.9 Å². The van der Waals surface area contributed by atoms with E-state index in [2.05, 4.69) is 29.2 Å². The topological polar surface area (TPSA) is 69.7 Å². The lowest BCUT2D eigenvalue weighted by atomic mass is 9.45. The maximum atomic E-state index is 6.63. The zero-order valence-electron chi connectivity index (χ0n) is 17.5. The van der Waals surface area contributed by atoms with Crippen molar-refractivity contribution in [2.75, 3.05) is 7.11 Å². The van der Waals surface area contributed by atoms with Gasteiger partial charge in [-0.05, 0) is 73.4 Å². The second-order valence-electron chi connectivity index (χ2n) is 9.07. The van der Waals surface area contributed by atoms with Crippen molar-refractivity contribution < 1.29 is 9.47 Å². The van der Waals surface area contributed by atoms with Crippen LogP contribution in [0, 0.1) is 12.3 Å². The molecule has 1 saturated carbocycles. The summed E-state index contributed by atoms with van der Waals surface area (Å²) in [5, 5.41) is -1.51. The summed E-state index contributed by atoms with van der Waals surface area (Å²) in [7, 11) is 15.0. The van der Waals surface area contributed by atoms with Gasteiger partial charge in [-0.1, -0.05) is 12.1 Å². The van der Waals surface area contributed by atoms with Crippen molar-refractivity contribution in [1.29, 1.82) is 0 Å². The lowest BCUT2D eigenvalue weighted by molar-refractivity contribution is -0.0256. The Balaban J connectivity index is 1.68. The number of nitrogens with zero attached hydrogens (tertiary/aromatic N) is 2. The molecule has 1 aromatic carbocycles. The van der Waals surface area contributed by atoms with Gasteiger partial charge in [-0.3, -0.25) is 4.98 Å². The molecule has 1 atom stereocenters. The van der Waals surface area contributed by atoms with Crippen LogP contribution in [0.1, 0.15) is 42.4 Å². The Morgan fingerprint density at radius 2 is 1.90 bits per heavy atom. The molecular weight excluding hydrogens is 372 g/mol. The third-order valence-corrected chi connectivity index (χ3v) is 7.34. The number of rotatable bonds is 2. The second-order valence-corrected chi connectivity index (χ2v) is 9.07. The molecule has 30 heavy (non-hydrogen) atoms. The number of fused-ring (bicyclic) bond motifs is 3. The van der Waals surface area contributed by atoms with Crippen molar-refractivity contribution >= 4 is 21.7 Å². The molecule has 1 unspecified atom stereocenters. The third kappa shape index (κ3) is 2.60. The van der Waals surface area contributed by atoms with Crippen LogP contribution in [0.15, 0.2) is 41.7 Å². The van der Waals surface area contributed by atoms with E-state index in [0.29, 0.717) is 0 Å². The molecule has 1 fully saturated rings. The highest BCUT2D eigenvalue weighted by Gasteiger charge is 2.67. The molecule has 2 heterocycles. The number of nitrogens with two attached hydrogens (primary N) is 1. The maximum absolute atomic E-state index is 6.63. The predicted molar refractivity (Wildman–Crippen MR) is 118 cm³/mol. The molecule has 4 radical (unpaired) electrons. The lowest BCUT2D eigenvalue weighted by Crippen LogP contribution is -2.59. The van der Waals surface area contributed by atoms with E-state index in [0.717, 1.165) is 54.4 Å². The van der Waals surface area contributed by atoms with Crippen LogP contribution in [-0.4, -0.2) is 45.3 Å². The minimum atomic E-state index is -1.51. The number of aryl methyl sites for hydroxylation is 1. The molecule has 2 spiro atoms. The van der Waals surface area contributed by atoms with E-state index in [1.165, 1.54) is 5.56 Å². The number of hydrogen-bond acceptors (Lipinski definition) is 5. The van der Waals surface area contributed by atoms with Crippen molar-refractivity contribution in [2.24, 2.45) is 16.1 Å². The van der Waals surface area contributed by atoms with Crippen molar-refractivity contribution in [3.8, 4) is 11.1 Å². The van der Waals surface area contributed by atoms with Gasteiger partial charge in [-0.25, -0.2) is 4.99 Å². The van der Waals surface area contributed by atoms with Crippen LogP contribution in [-0.2, 0) is 21.4 Å². The first-order valence-electron chi connectivity index (χ1n) is 10.5. The molecule has 0 saturated heterocycles. The Morgan fingerprint density at radius 3 is 2.53 bits per heavy atom. The average Bonchev–Trinajstić information content (AvgIpc) is 3.13. The average molecular weight is 397 g/mol. The van der Waals surface area contributed by atoms with E-state index >= 15 is 0 Å². The predicted octanol–water partition coefficient (Wildman–Crippen LogP) is 2.72. The number of ether oxygens (including phenoxy) is 2. The molecule has 1 aliphatic heterocycles. The van der Waals surface area contributed by atoms with Crippen molar-refractivity contribution in [1.82, 2.24) is 4.98 Å². The third-order valence-electron chi connectivity index (χ3n) is 7.34. The molecule has 1 aromatic heterocycles. The Bertz CT molecular complexity index is 1030. The number of hydrogen-bond donors (Lipinski definition) is 1. The second kappa shape index (κ2) is 6.61. The minimum absolute atomic E-state index is 0.0590. The summed E-state index contributed by atoms with van der Waals surface area (Å²) >= 11 is 0. The molecule has 0 bridgehead atoms. The van der Waals surface area contributed by atoms with E-state index in [-0.39, 0.29) is 17.5 Å². The summed E-state index contributed by atoms with van der Waals surface area (Å²) in [4.78, 5) is 9.21. The number of benzene rings is 1. The van der Waals surface area contributed by atoms with Gasteiger partial charge in [-0.15, -0.1) is 0 Å². The highest BCUT2D eigenvalue weighted by atomic mass is 16.5. The fourth-order valence-electron chi connectivity index (χ4n) is 5.98. The van der Waals surface area contributed by atoms with Crippen LogP contribution >= 0.6 is 0 Å². The van der Waals surface area contributed by atoms with E-state index in [9.17, 15) is 0 Å². The van der Waals surface area contributed by atoms with Crippen LogP contribution in [0.4, 0.5) is 0 Å². The Labute approximate surface area is 180 Å². The molecule has 150 valence electrons. The Kier molecular flexibility index (Phi) is 4.34.